The normalized spacial score (nSPS) is 25.8. The Bertz CT molecular complexity index is 1800. The third kappa shape index (κ3) is 4.97. The second kappa shape index (κ2) is 11.0. The van der Waals surface area contributed by atoms with E-state index >= 15 is 0 Å². The van der Waals surface area contributed by atoms with Crippen LogP contribution in [0.25, 0.3) is 11.0 Å². The lowest BCUT2D eigenvalue weighted by atomic mass is 10.0. The second-order valence-electron chi connectivity index (χ2n) is 12.0. The van der Waals surface area contributed by atoms with E-state index in [0.717, 1.165) is 37.6 Å². The van der Waals surface area contributed by atoms with Gasteiger partial charge in [-0.05, 0) is 42.8 Å². The van der Waals surface area contributed by atoms with Crippen molar-refractivity contribution in [2.45, 2.75) is 50.4 Å². The number of pyridine rings is 1. The molecule has 6 heterocycles. The zero-order valence-electron chi connectivity index (χ0n) is 24.5. The number of hydrogen-bond donors (Lipinski definition) is 1. The molecular weight excluding hydrogens is 621 g/mol. The van der Waals surface area contributed by atoms with Crippen molar-refractivity contribution in [1.29, 1.82) is 0 Å². The first kappa shape index (κ1) is 28.8. The third-order valence-corrected chi connectivity index (χ3v) is 9.75. The van der Waals surface area contributed by atoms with Crippen molar-refractivity contribution < 1.29 is 28.8 Å². The molecule has 0 spiro atoms. The monoisotopic (exact) mass is 651 g/mol. The summed E-state index contributed by atoms with van der Waals surface area (Å²) >= 11 is 12.6. The smallest absolute Gasteiger partial charge is 0.335 e. The molecule has 45 heavy (non-hydrogen) atoms. The maximum atomic E-state index is 11.8. The first-order valence-corrected chi connectivity index (χ1v) is 15.8. The van der Waals surface area contributed by atoms with Crippen LogP contribution >= 0.6 is 23.2 Å². The Morgan fingerprint density at radius 3 is 2.71 bits per heavy atom. The SMILES string of the molecule is C[C@]1(c2ccc(Cl)cn2)Oc2cccc(N3CCN(Cc4nc5c(Cl)cc(C(=O)O)cc5n4C[C@@H]4CCO4)[C@@H]4COC[C@@H]43)c2O1. The first-order valence-electron chi connectivity index (χ1n) is 15.0. The van der Waals surface area contributed by atoms with Crippen molar-refractivity contribution >= 4 is 45.9 Å². The Hall–Kier alpha value is -3.61. The van der Waals surface area contributed by atoms with Crippen LogP contribution in [-0.2, 0) is 28.4 Å². The van der Waals surface area contributed by atoms with Gasteiger partial charge in [-0.2, -0.15) is 0 Å². The zero-order chi connectivity index (χ0) is 30.9. The number of rotatable bonds is 7. The highest BCUT2D eigenvalue weighted by molar-refractivity contribution is 6.35. The van der Waals surface area contributed by atoms with E-state index in [9.17, 15) is 9.90 Å². The van der Waals surface area contributed by atoms with Crippen LogP contribution in [0, 0.1) is 0 Å². The van der Waals surface area contributed by atoms with E-state index in [0.29, 0.717) is 64.6 Å². The van der Waals surface area contributed by atoms with Crippen molar-refractivity contribution in [3.8, 4) is 11.5 Å². The predicted octanol–water partition coefficient (Wildman–Crippen LogP) is 4.96. The van der Waals surface area contributed by atoms with E-state index in [-0.39, 0.29) is 23.8 Å². The minimum absolute atomic E-state index is 0.0592. The molecule has 234 valence electrons. The number of aromatic carboxylic acids is 1. The van der Waals surface area contributed by atoms with Crippen LogP contribution in [-0.4, -0.2) is 81.6 Å². The number of para-hydroxylation sites is 1. The number of ether oxygens (including phenoxy) is 4. The van der Waals surface area contributed by atoms with E-state index in [4.69, 9.17) is 47.1 Å². The summed E-state index contributed by atoms with van der Waals surface area (Å²) in [6.45, 7) is 6.37. The average Bonchev–Trinajstić information content (AvgIpc) is 3.71. The topological polar surface area (TPSA) is 111 Å². The Morgan fingerprint density at radius 2 is 1.96 bits per heavy atom. The highest BCUT2D eigenvalue weighted by Crippen LogP contribution is 2.50. The first-order chi connectivity index (χ1) is 21.8. The summed E-state index contributed by atoms with van der Waals surface area (Å²) in [7, 11) is 0. The summed E-state index contributed by atoms with van der Waals surface area (Å²) in [6, 6.07) is 12.8. The quantitative estimate of drug-likeness (QED) is 0.294. The summed E-state index contributed by atoms with van der Waals surface area (Å²) in [5.74, 6) is 0.0620. The standard InChI is InChI=1S/C32H31Cl2N5O6/c1-32(27-6-5-19(33)13-35-27)44-26-4-2-3-22(30(26)45-32)38-9-8-37(24-16-42-17-25(24)38)15-28-36-29-21(34)11-18(31(40)41)12-23(29)39(28)14-20-7-10-43-20/h2-6,11-13,20,24-25H,7-10,14-17H2,1H3,(H,40,41)/t20-,24+,25-,32-/m0/s1. The zero-order valence-corrected chi connectivity index (χ0v) is 26.0. The number of anilines is 1. The number of imidazole rings is 1. The molecular formula is C32H31Cl2N5O6. The molecule has 4 atom stereocenters. The Kier molecular flexibility index (Phi) is 7.07. The van der Waals surface area contributed by atoms with Crippen LogP contribution < -0.4 is 14.4 Å². The largest absolute Gasteiger partial charge is 0.478 e. The minimum atomic E-state index is -1.08. The molecule has 3 fully saturated rings. The number of carboxylic acids is 1. The minimum Gasteiger partial charge on any atom is -0.478 e. The molecule has 0 radical (unpaired) electrons. The molecule has 8 rings (SSSR count). The van der Waals surface area contributed by atoms with Gasteiger partial charge in [-0.3, -0.25) is 9.88 Å². The van der Waals surface area contributed by atoms with Gasteiger partial charge in [-0.25, -0.2) is 9.78 Å². The maximum absolute atomic E-state index is 11.8. The van der Waals surface area contributed by atoms with Gasteiger partial charge >= 0.3 is 5.97 Å². The molecule has 0 amide bonds. The summed E-state index contributed by atoms with van der Waals surface area (Å²) in [4.78, 5) is 26.0. The van der Waals surface area contributed by atoms with Gasteiger partial charge in [0, 0.05) is 32.8 Å². The van der Waals surface area contributed by atoms with Crippen LogP contribution in [0.5, 0.6) is 11.5 Å². The molecule has 4 aromatic rings. The van der Waals surface area contributed by atoms with E-state index in [2.05, 4.69) is 25.4 Å². The molecule has 4 aliphatic rings. The average molecular weight is 653 g/mol. The van der Waals surface area contributed by atoms with Gasteiger partial charge in [0.2, 0.25) is 0 Å². The van der Waals surface area contributed by atoms with Gasteiger partial charge in [0.15, 0.2) is 11.5 Å². The highest BCUT2D eigenvalue weighted by atomic mass is 35.5. The van der Waals surface area contributed by atoms with Gasteiger partial charge in [-0.15, -0.1) is 0 Å². The molecule has 11 nitrogen and oxygen atoms in total. The van der Waals surface area contributed by atoms with Gasteiger partial charge in [0.1, 0.15) is 17.0 Å². The van der Waals surface area contributed by atoms with Gasteiger partial charge < -0.3 is 33.5 Å². The van der Waals surface area contributed by atoms with E-state index < -0.39 is 11.8 Å². The summed E-state index contributed by atoms with van der Waals surface area (Å²) < 4.78 is 26.7. The molecule has 2 aromatic heterocycles. The molecule has 1 N–H and O–H groups in total. The number of nitrogens with zero attached hydrogens (tertiary/aromatic N) is 5. The number of benzene rings is 2. The van der Waals surface area contributed by atoms with Crippen LogP contribution in [0.1, 0.15) is 35.2 Å². The van der Waals surface area contributed by atoms with Gasteiger partial charge in [0.25, 0.3) is 5.79 Å². The number of aromatic nitrogens is 3. The third-order valence-electron chi connectivity index (χ3n) is 9.24. The lowest BCUT2D eigenvalue weighted by molar-refractivity contribution is -0.0716. The van der Waals surface area contributed by atoms with Gasteiger partial charge in [0.05, 0.1) is 71.3 Å². The molecule has 2 aromatic carbocycles. The fourth-order valence-electron chi connectivity index (χ4n) is 6.82. The Balaban J connectivity index is 1.08. The van der Waals surface area contributed by atoms with E-state index in [1.807, 2.05) is 25.1 Å². The molecule has 0 unspecified atom stereocenters. The van der Waals surface area contributed by atoms with Crippen LogP contribution in [0.3, 0.4) is 0 Å². The molecule has 3 saturated heterocycles. The Labute approximate surface area is 269 Å². The second-order valence-corrected chi connectivity index (χ2v) is 12.8. The number of halogens is 2. The number of carbonyl (C=O) groups is 1. The summed E-state index contributed by atoms with van der Waals surface area (Å²) in [5, 5.41) is 10.6. The summed E-state index contributed by atoms with van der Waals surface area (Å²) in [6.07, 6.45) is 2.59. The molecule has 0 bridgehead atoms. The predicted molar refractivity (Wildman–Crippen MR) is 167 cm³/mol. The van der Waals surface area contributed by atoms with Crippen LogP contribution in [0.2, 0.25) is 10.0 Å². The Morgan fingerprint density at radius 1 is 1.11 bits per heavy atom. The lowest BCUT2D eigenvalue weighted by Gasteiger charge is -2.44. The van der Waals surface area contributed by atoms with Crippen molar-refractivity contribution in [2.24, 2.45) is 0 Å². The number of carboxylic acid groups (broad SMARTS) is 1. The summed E-state index contributed by atoms with van der Waals surface area (Å²) in [5.41, 5.74) is 3.03. The number of fused-ring (bicyclic) bond motifs is 3. The molecule has 0 saturated carbocycles. The number of piperazine rings is 1. The van der Waals surface area contributed by atoms with E-state index in [1.165, 1.54) is 6.07 Å². The lowest BCUT2D eigenvalue weighted by Crippen LogP contribution is -2.59. The van der Waals surface area contributed by atoms with E-state index in [1.54, 1.807) is 18.3 Å². The van der Waals surface area contributed by atoms with Crippen LogP contribution in [0.4, 0.5) is 5.69 Å². The van der Waals surface area contributed by atoms with Crippen molar-refractivity contribution in [2.75, 3.05) is 37.8 Å². The van der Waals surface area contributed by atoms with Crippen molar-refractivity contribution in [3.63, 3.8) is 0 Å². The molecule has 4 aliphatic heterocycles. The van der Waals surface area contributed by atoms with Crippen molar-refractivity contribution in [1.82, 2.24) is 19.4 Å². The molecule has 0 aliphatic carbocycles. The highest BCUT2D eigenvalue weighted by Gasteiger charge is 2.46. The van der Waals surface area contributed by atoms with Crippen LogP contribution in [0.15, 0.2) is 48.7 Å². The van der Waals surface area contributed by atoms with Crippen molar-refractivity contribution in [3.05, 3.63) is 75.8 Å². The molecule has 13 heteroatoms. The fraction of sp³-hybridized carbons (Fsp3) is 0.406. The maximum Gasteiger partial charge on any atom is 0.335 e. The fourth-order valence-corrected chi connectivity index (χ4v) is 7.19. The van der Waals surface area contributed by atoms with Gasteiger partial charge in [-0.1, -0.05) is 29.3 Å². The number of hydrogen-bond acceptors (Lipinski definition) is 9.